The van der Waals surface area contributed by atoms with Gasteiger partial charge < -0.3 is 9.80 Å². The van der Waals surface area contributed by atoms with E-state index in [9.17, 15) is 18.4 Å². The van der Waals surface area contributed by atoms with Gasteiger partial charge in [-0.1, -0.05) is 0 Å². The van der Waals surface area contributed by atoms with Gasteiger partial charge in [-0.25, -0.2) is 8.78 Å². The normalized spacial score (nSPS) is 29.0. The van der Waals surface area contributed by atoms with Crippen LogP contribution in [0.5, 0.6) is 0 Å². The molecule has 3 rings (SSSR count). The van der Waals surface area contributed by atoms with Crippen LogP contribution in [0, 0.1) is 0 Å². The first-order valence-corrected chi connectivity index (χ1v) is 8.80. The number of piperazine rings is 1. The summed E-state index contributed by atoms with van der Waals surface area (Å²) in [6, 6.07) is -0.968. The Morgan fingerprint density at radius 3 is 2.21 bits per heavy atom. The summed E-state index contributed by atoms with van der Waals surface area (Å²) in [4.78, 5) is 30.4. The zero-order valence-corrected chi connectivity index (χ0v) is 14.1. The molecule has 1 N–H and O–H groups in total. The molecule has 3 fully saturated rings. The Kier molecular flexibility index (Phi) is 5.05. The van der Waals surface area contributed by atoms with Gasteiger partial charge in [0.25, 0.3) is 5.92 Å². The number of carbonyl (C=O) groups is 2. The first kappa shape index (κ1) is 17.5. The van der Waals surface area contributed by atoms with Crippen molar-refractivity contribution in [2.24, 2.45) is 0 Å². The lowest BCUT2D eigenvalue weighted by Crippen LogP contribution is -2.57. The van der Waals surface area contributed by atoms with Crippen molar-refractivity contribution in [3.05, 3.63) is 0 Å². The van der Waals surface area contributed by atoms with Crippen LogP contribution in [0.4, 0.5) is 8.78 Å². The molecule has 2 unspecified atom stereocenters. The van der Waals surface area contributed by atoms with Crippen molar-refractivity contribution >= 4 is 11.8 Å². The van der Waals surface area contributed by atoms with Gasteiger partial charge in [0, 0.05) is 45.7 Å². The average Bonchev–Trinajstić information content (AvgIpc) is 3.22. The number of rotatable bonds is 3. The molecule has 3 aliphatic heterocycles. The molecule has 0 aliphatic carbocycles. The molecule has 136 valence electrons. The SMILES string of the molecule is CC(C(=O)N1CCCC1)N1CCN(C(=O)C2CC(F)(F)CN2)CC1. The molecule has 8 heteroatoms. The van der Waals surface area contributed by atoms with Gasteiger partial charge in [-0.3, -0.25) is 19.8 Å². The van der Waals surface area contributed by atoms with Crippen LogP contribution in [-0.2, 0) is 9.59 Å². The predicted octanol–water partition coefficient (Wildman–Crippen LogP) is 0.139. The molecule has 6 nitrogen and oxygen atoms in total. The van der Waals surface area contributed by atoms with Crippen molar-refractivity contribution in [1.29, 1.82) is 0 Å². The molecule has 0 spiro atoms. The number of carbonyl (C=O) groups excluding carboxylic acids is 2. The van der Waals surface area contributed by atoms with Gasteiger partial charge in [0.2, 0.25) is 11.8 Å². The monoisotopic (exact) mass is 344 g/mol. The Morgan fingerprint density at radius 1 is 1.04 bits per heavy atom. The molecule has 0 aromatic carbocycles. The maximum Gasteiger partial charge on any atom is 0.262 e. The summed E-state index contributed by atoms with van der Waals surface area (Å²) in [5.41, 5.74) is 0. The highest BCUT2D eigenvalue weighted by atomic mass is 19.3. The van der Waals surface area contributed by atoms with E-state index in [1.165, 1.54) is 0 Å². The standard InChI is InChI=1S/C16H26F2N4O2/c1-12(14(23)21-4-2-3-5-21)20-6-8-22(9-7-20)15(24)13-10-16(17,18)11-19-13/h12-13,19H,2-11H2,1H3. The van der Waals surface area contributed by atoms with Crippen LogP contribution in [0.25, 0.3) is 0 Å². The number of alkyl halides is 2. The Balaban J connectivity index is 1.48. The average molecular weight is 344 g/mol. The second-order valence-electron chi connectivity index (χ2n) is 7.06. The summed E-state index contributed by atoms with van der Waals surface area (Å²) >= 11 is 0. The number of nitrogens with one attached hydrogen (secondary N) is 1. The van der Waals surface area contributed by atoms with Crippen LogP contribution in [-0.4, -0.2) is 90.3 Å². The van der Waals surface area contributed by atoms with Gasteiger partial charge in [0.1, 0.15) is 0 Å². The molecule has 2 atom stereocenters. The minimum atomic E-state index is -2.79. The quantitative estimate of drug-likeness (QED) is 0.791. The van der Waals surface area contributed by atoms with E-state index in [-0.39, 0.29) is 17.9 Å². The fourth-order valence-corrected chi connectivity index (χ4v) is 3.80. The molecular weight excluding hydrogens is 318 g/mol. The number of hydrogen-bond acceptors (Lipinski definition) is 4. The molecule has 0 aromatic heterocycles. The van der Waals surface area contributed by atoms with Crippen LogP contribution in [0.2, 0.25) is 0 Å². The molecule has 3 aliphatic rings. The number of amides is 2. The van der Waals surface area contributed by atoms with Crippen LogP contribution in [0.3, 0.4) is 0 Å². The minimum Gasteiger partial charge on any atom is -0.341 e. The van der Waals surface area contributed by atoms with Gasteiger partial charge in [-0.05, 0) is 19.8 Å². The molecule has 0 bridgehead atoms. The summed E-state index contributed by atoms with van der Waals surface area (Å²) in [6.07, 6.45) is 1.72. The third kappa shape index (κ3) is 3.69. The van der Waals surface area contributed by atoms with Gasteiger partial charge >= 0.3 is 0 Å². The number of nitrogens with zero attached hydrogens (tertiary/aromatic N) is 3. The van der Waals surface area contributed by atoms with Crippen molar-refractivity contribution in [2.75, 3.05) is 45.8 Å². The molecular formula is C16H26F2N4O2. The highest BCUT2D eigenvalue weighted by Crippen LogP contribution is 2.26. The topological polar surface area (TPSA) is 55.9 Å². The van der Waals surface area contributed by atoms with E-state index in [2.05, 4.69) is 10.2 Å². The molecule has 3 saturated heterocycles. The van der Waals surface area contributed by atoms with Crippen molar-refractivity contribution in [1.82, 2.24) is 20.0 Å². The van der Waals surface area contributed by atoms with Crippen molar-refractivity contribution in [3.8, 4) is 0 Å². The van der Waals surface area contributed by atoms with E-state index in [0.29, 0.717) is 26.2 Å². The van der Waals surface area contributed by atoms with Gasteiger partial charge in [-0.15, -0.1) is 0 Å². The number of likely N-dealkylation sites (tertiary alicyclic amines) is 1. The molecule has 0 radical (unpaired) electrons. The third-order valence-corrected chi connectivity index (χ3v) is 5.36. The van der Waals surface area contributed by atoms with Gasteiger partial charge in [-0.2, -0.15) is 0 Å². The van der Waals surface area contributed by atoms with Gasteiger partial charge in [0.05, 0.1) is 18.6 Å². The third-order valence-electron chi connectivity index (χ3n) is 5.36. The fraction of sp³-hybridized carbons (Fsp3) is 0.875. The maximum atomic E-state index is 13.2. The summed E-state index contributed by atoms with van der Waals surface area (Å²) in [5.74, 6) is -2.88. The van der Waals surface area contributed by atoms with Crippen LogP contribution < -0.4 is 5.32 Å². The molecule has 0 aromatic rings. The van der Waals surface area contributed by atoms with Crippen LogP contribution in [0.1, 0.15) is 26.2 Å². The highest BCUT2D eigenvalue weighted by molar-refractivity contribution is 5.83. The number of hydrogen-bond donors (Lipinski definition) is 1. The zero-order chi connectivity index (χ0) is 17.3. The summed E-state index contributed by atoms with van der Waals surface area (Å²) < 4.78 is 26.5. The lowest BCUT2D eigenvalue weighted by Gasteiger charge is -2.39. The number of halogens is 2. The summed E-state index contributed by atoms with van der Waals surface area (Å²) in [6.45, 7) is 5.35. The predicted molar refractivity (Wildman–Crippen MR) is 84.8 cm³/mol. The van der Waals surface area contributed by atoms with E-state index in [4.69, 9.17) is 0 Å². The molecule has 24 heavy (non-hydrogen) atoms. The molecule has 2 amide bonds. The Labute approximate surface area is 141 Å². The van der Waals surface area contributed by atoms with Crippen molar-refractivity contribution in [2.45, 2.75) is 44.2 Å². The lowest BCUT2D eigenvalue weighted by atomic mass is 10.1. The largest absolute Gasteiger partial charge is 0.341 e. The van der Waals surface area contributed by atoms with E-state index in [0.717, 1.165) is 25.9 Å². The van der Waals surface area contributed by atoms with Crippen molar-refractivity contribution in [3.63, 3.8) is 0 Å². The molecule has 3 heterocycles. The van der Waals surface area contributed by atoms with Crippen LogP contribution >= 0.6 is 0 Å². The molecule has 0 saturated carbocycles. The van der Waals surface area contributed by atoms with E-state index < -0.39 is 24.9 Å². The highest BCUT2D eigenvalue weighted by Gasteiger charge is 2.44. The first-order valence-electron chi connectivity index (χ1n) is 8.80. The maximum absolute atomic E-state index is 13.2. The Morgan fingerprint density at radius 2 is 1.67 bits per heavy atom. The second kappa shape index (κ2) is 6.92. The first-order chi connectivity index (χ1) is 11.4. The van der Waals surface area contributed by atoms with Crippen LogP contribution in [0.15, 0.2) is 0 Å². The van der Waals surface area contributed by atoms with E-state index in [1.54, 1.807) is 4.90 Å². The summed E-state index contributed by atoms with van der Waals surface area (Å²) in [7, 11) is 0. The second-order valence-corrected chi connectivity index (χ2v) is 7.06. The Bertz CT molecular complexity index is 488. The fourth-order valence-electron chi connectivity index (χ4n) is 3.80. The summed E-state index contributed by atoms with van der Waals surface area (Å²) in [5, 5.41) is 2.62. The Hall–Kier alpha value is -1.28. The minimum absolute atomic E-state index is 0.157. The van der Waals surface area contributed by atoms with E-state index in [1.807, 2.05) is 11.8 Å². The smallest absolute Gasteiger partial charge is 0.262 e. The van der Waals surface area contributed by atoms with E-state index >= 15 is 0 Å². The van der Waals surface area contributed by atoms with Gasteiger partial charge in [0.15, 0.2) is 0 Å². The zero-order valence-electron chi connectivity index (χ0n) is 14.1. The van der Waals surface area contributed by atoms with Crippen molar-refractivity contribution < 1.29 is 18.4 Å². The lowest BCUT2D eigenvalue weighted by molar-refractivity contribution is -0.139.